The Morgan fingerprint density at radius 2 is 1.61 bits per heavy atom. The second-order valence-corrected chi connectivity index (χ2v) is 5.43. The third-order valence-electron chi connectivity index (χ3n) is 3.57. The molecular formula is C18H20F3NO. The maximum Gasteiger partial charge on any atom is 0.416 e. The molecule has 0 saturated heterocycles. The zero-order chi connectivity index (χ0) is 16.9. The summed E-state index contributed by atoms with van der Waals surface area (Å²) in [5.41, 5.74) is 1.48. The Kier molecular flexibility index (Phi) is 5.66. The van der Waals surface area contributed by atoms with Crippen LogP contribution in [0.3, 0.4) is 0 Å². The number of aryl methyl sites for hydroxylation is 1. The summed E-state index contributed by atoms with van der Waals surface area (Å²) in [5, 5.41) is 3.07. The molecular weight excluding hydrogens is 303 g/mol. The van der Waals surface area contributed by atoms with E-state index in [1.54, 1.807) is 0 Å². The number of benzene rings is 2. The van der Waals surface area contributed by atoms with Gasteiger partial charge in [-0.1, -0.05) is 29.8 Å². The lowest BCUT2D eigenvalue weighted by Gasteiger charge is -2.20. The molecule has 124 valence electrons. The first kappa shape index (κ1) is 17.3. The first-order valence-electron chi connectivity index (χ1n) is 7.45. The Hall–Kier alpha value is -2.01. The lowest BCUT2D eigenvalue weighted by Crippen LogP contribution is -2.16. The molecule has 0 aliphatic heterocycles. The van der Waals surface area contributed by atoms with Gasteiger partial charge >= 0.3 is 6.18 Å². The van der Waals surface area contributed by atoms with Crippen molar-refractivity contribution in [1.29, 1.82) is 0 Å². The van der Waals surface area contributed by atoms with Gasteiger partial charge in [-0.15, -0.1) is 0 Å². The van der Waals surface area contributed by atoms with Crippen LogP contribution in [0.25, 0.3) is 0 Å². The minimum absolute atomic E-state index is 0.209. The summed E-state index contributed by atoms with van der Waals surface area (Å²) in [6.45, 7) is 2.75. The fourth-order valence-corrected chi connectivity index (χ4v) is 2.24. The fourth-order valence-electron chi connectivity index (χ4n) is 2.24. The van der Waals surface area contributed by atoms with Gasteiger partial charge in [-0.3, -0.25) is 0 Å². The van der Waals surface area contributed by atoms with Gasteiger partial charge in [0.2, 0.25) is 0 Å². The molecule has 0 spiro atoms. The van der Waals surface area contributed by atoms with Crippen LogP contribution < -0.4 is 10.1 Å². The highest BCUT2D eigenvalue weighted by atomic mass is 19.4. The molecule has 0 aromatic heterocycles. The number of rotatable bonds is 6. The molecule has 0 amide bonds. The Morgan fingerprint density at radius 1 is 1.00 bits per heavy atom. The van der Waals surface area contributed by atoms with Crippen molar-refractivity contribution in [3.05, 3.63) is 65.2 Å². The van der Waals surface area contributed by atoms with Crippen molar-refractivity contribution in [3.8, 4) is 5.75 Å². The van der Waals surface area contributed by atoms with Crippen molar-refractivity contribution in [1.82, 2.24) is 5.32 Å². The van der Waals surface area contributed by atoms with Gasteiger partial charge in [0, 0.05) is 6.42 Å². The Balaban J connectivity index is 2.15. The van der Waals surface area contributed by atoms with Crippen LogP contribution in [0.2, 0.25) is 0 Å². The van der Waals surface area contributed by atoms with Gasteiger partial charge < -0.3 is 10.1 Å². The number of ether oxygens (including phenoxy) is 1. The van der Waals surface area contributed by atoms with E-state index in [9.17, 15) is 13.2 Å². The van der Waals surface area contributed by atoms with Gasteiger partial charge in [0.05, 0.1) is 5.56 Å². The normalized spacial score (nSPS) is 12.9. The maximum absolute atomic E-state index is 12.6. The molecule has 0 heterocycles. The lowest BCUT2D eigenvalue weighted by molar-refractivity contribution is -0.137. The summed E-state index contributed by atoms with van der Waals surface area (Å²) in [6, 6.07) is 12.8. The molecule has 0 aliphatic rings. The first-order valence-corrected chi connectivity index (χ1v) is 7.45. The van der Waals surface area contributed by atoms with Crippen LogP contribution in [0.5, 0.6) is 5.75 Å². The van der Waals surface area contributed by atoms with E-state index in [4.69, 9.17) is 4.74 Å². The Labute approximate surface area is 134 Å². The van der Waals surface area contributed by atoms with Crippen LogP contribution in [0, 0.1) is 6.92 Å². The molecule has 23 heavy (non-hydrogen) atoms. The Morgan fingerprint density at radius 3 is 2.13 bits per heavy atom. The van der Waals surface area contributed by atoms with Crippen LogP contribution in [0.4, 0.5) is 13.2 Å². The second kappa shape index (κ2) is 7.51. The van der Waals surface area contributed by atoms with Crippen LogP contribution in [0.1, 0.15) is 29.2 Å². The van der Waals surface area contributed by atoms with Crippen molar-refractivity contribution in [2.24, 2.45) is 0 Å². The average Bonchev–Trinajstić information content (AvgIpc) is 2.52. The molecule has 1 N–H and O–H groups in total. The maximum atomic E-state index is 12.6. The van der Waals surface area contributed by atoms with Gasteiger partial charge in [0.25, 0.3) is 0 Å². The summed E-state index contributed by atoms with van der Waals surface area (Å²) >= 11 is 0. The van der Waals surface area contributed by atoms with Gasteiger partial charge in [0.15, 0.2) is 0 Å². The van der Waals surface area contributed by atoms with Crippen LogP contribution in [-0.4, -0.2) is 13.6 Å². The number of hydrogen-bond donors (Lipinski definition) is 1. The number of halogens is 3. The fraction of sp³-hybridized carbons (Fsp3) is 0.333. The molecule has 1 unspecified atom stereocenters. The number of nitrogens with one attached hydrogen (secondary N) is 1. The monoisotopic (exact) mass is 323 g/mol. The molecule has 2 rings (SSSR count). The first-order chi connectivity index (χ1) is 10.9. The van der Waals surface area contributed by atoms with Gasteiger partial charge in [0.1, 0.15) is 11.9 Å². The largest absolute Gasteiger partial charge is 0.486 e. The SMILES string of the molecule is CNCCC(Oc1ccc(C(F)(F)F)cc1)c1ccc(C)cc1. The van der Waals surface area contributed by atoms with E-state index in [1.165, 1.54) is 12.1 Å². The molecule has 2 nitrogen and oxygen atoms in total. The molecule has 0 bridgehead atoms. The van der Waals surface area contributed by atoms with Crippen molar-refractivity contribution < 1.29 is 17.9 Å². The van der Waals surface area contributed by atoms with Gasteiger partial charge in [-0.2, -0.15) is 13.2 Å². The van der Waals surface area contributed by atoms with Crippen molar-refractivity contribution in [3.63, 3.8) is 0 Å². The topological polar surface area (TPSA) is 21.3 Å². The van der Waals surface area contributed by atoms with E-state index in [0.29, 0.717) is 5.75 Å². The number of hydrogen-bond acceptors (Lipinski definition) is 2. The third kappa shape index (κ3) is 4.99. The summed E-state index contributed by atoms with van der Waals surface area (Å²) in [7, 11) is 1.85. The lowest BCUT2D eigenvalue weighted by atomic mass is 10.0. The van der Waals surface area contributed by atoms with Crippen LogP contribution in [0.15, 0.2) is 48.5 Å². The quantitative estimate of drug-likeness (QED) is 0.829. The summed E-state index contributed by atoms with van der Waals surface area (Å²) in [4.78, 5) is 0. The van der Waals surface area contributed by atoms with E-state index in [2.05, 4.69) is 5.32 Å². The molecule has 0 radical (unpaired) electrons. The zero-order valence-electron chi connectivity index (χ0n) is 13.2. The molecule has 1 atom stereocenters. The smallest absolute Gasteiger partial charge is 0.416 e. The van der Waals surface area contributed by atoms with Crippen molar-refractivity contribution >= 4 is 0 Å². The number of alkyl halides is 3. The van der Waals surface area contributed by atoms with E-state index >= 15 is 0 Å². The highest BCUT2D eigenvalue weighted by molar-refractivity contribution is 5.30. The standard InChI is InChI=1S/C18H20F3NO/c1-13-3-5-14(6-4-13)17(11-12-22-2)23-16-9-7-15(8-10-16)18(19,20)21/h3-10,17,22H,11-12H2,1-2H3. The van der Waals surface area contributed by atoms with E-state index in [-0.39, 0.29) is 6.10 Å². The van der Waals surface area contributed by atoms with Crippen LogP contribution >= 0.6 is 0 Å². The van der Waals surface area contributed by atoms with E-state index in [0.717, 1.165) is 36.2 Å². The minimum Gasteiger partial charge on any atom is -0.486 e. The average molecular weight is 323 g/mol. The van der Waals surface area contributed by atoms with Gasteiger partial charge in [-0.25, -0.2) is 0 Å². The van der Waals surface area contributed by atoms with Crippen molar-refractivity contribution in [2.75, 3.05) is 13.6 Å². The molecule has 0 fully saturated rings. The zero-order valence-corrected chi connectivity index (χ0v) is 13.2. The highest BCUT2D eigenvalue weighted by Gasteiger charge is 2.30. The van der Waals surface area contributed by atoms with Gasteiger partial charge in [-0.05, 0) is 50.3 Å². The van der Waals surface area contributed by atoms with E-state index in [1.807, 2.05) is 38.2 Å². The van der Waals surface area contributed by atoms with E-state index < -0.39 is 11.7 Å². The van der Waals surface area contributed by atoms with Crippen LogP contribution in [-0.2, 0) is 6.18 Å². The summed E-state index contributed by atoms with van der Waals surface area (Å²) < 4.78 is 43.7. The summed E-state index contributed by atoms with van der Waals surface area (Å²) in [5.74, 6) is 0.430. The predicted octanol–water partition coefficient (Wildman–Crippen LogP) is 4.74. The minimum atomic E-state index is -4.33. The summed E-state index contributed by atoms with van der Waals surface area (Å²) in [6.07, 6.45) is -3.82. The molecule has 0 aliphatic carbocycles. The predicted molar refractivity (Wildman–Crippen MR) is 84.5 cm³/mol. The molecule has 5 heteroatoms. The Bertz CT molecular complexity index is 606. The highest BCUT2D eigenvalue weighted by Crippen LogP contribution is 2.31. The molecule has 2 aromatic carbocycles. The van der Waals surface area contributed by atoms with Crippen molar-refractivity contribution in [2.45, 2.75) is 25.6 Å². The second-order valence-electron chi connectivity index (χ2n) is 5.43. The molecule has 0 saturated carbocycles. The molecule has 2 aromatic rings. The third-order valence-corrected chi connectivity index (χ3v) is 3.57.